The van der Waals surface area contributed by atoms with Gasteiger partial charge < -0.3 is 10.4 Å². The first kappa shape index (κ1) is 12.5. The molecular weight excluding hydrogens is 242 g/mol. The lowest BCUT2D eigenvalue weighted by Gasteiger charge is -2.43. The molecule has 2 aromatic heterocycles. The zero-order valence-corrected chi connectivity index (χ0v) is 11.2. The van der Waals surface area contributed by atoms with Crippen LogP contribution in [0.1, 0.15) is 38.4 Å². The molecule has 3 rings (SSSR count). The van der Waals surface area contributed by atoms with Gasteiger partial charge in [0.25, 0.3) is 0 Å². The molecule has 0 aromatic carbocycles. The summed E-state index contributed by atoms with van der Waals surface area (Å²) in [5.41, 5.74) is 1.96. The molecule has 1 saturated carbocycles. The number of tetrazole rings is 1. The van der Waals surface area contributed by atoms with Gasteiger partial charge in [0, 0.05) is 24.3 Å². The number of fused-ring (bicyclic) bond motifs is 1. The number of rotatable bonds is 4. The summed E-state index contributed by atoms with van der Waals surface area (Å²) in [6.45, 7) is 5.11. The third kappa shape index (κ3) is 2.59. The number of aliphatic hydroxyl groups excluding tert-OH is 1. The average molecular weight is 261 g/mol. The van der Waals surface area contributed by atoms with E-state index >= 15 is 0 Å². The standard InChI is InChI=1S/C13H19N5O/c1-13(2)5-10(6-13)14-7-11(19)9-3-4-12-15-16-17-18(12)8-9/h3-4,8,10-11,14,19H,5-7H2,1-2H3/t11-/m0/s1. The second kappa shape index (κ2) is 4.54. The van der Waals surface area contributed by atoms with E-state index in [1.54, 1.807) is 10.7 Å². The molecule has 19 heavy (non-hydrogen) atoms. The van der Waals surface area contributed by atoms with E-state index in [0.717, 1.165) is 5.56 Å². The Morgan fingerprint density at radius 3 is 3.00 bits per heavy atom. The summed E-state index contributed by atoms with van der Waals surface area (Å²) in [6, 6.07) is 4.20. The van der Waals surface area contributed by atoms with Gasteiger partial charge in [-0.15, -0.1) is 5.10 Å². The summed E-state index contributed by atoms with van der Waals surface area (Å²) in [5, 5.41) is 24.8. The first-order chi connectivity index (χ1) is 9.03. The van der Waals surface area contributed by atoms with Crippen LogP contribution in [0.15, 0.2) is 18.3 Å². The third-order valence-electron chi connectivity index (χ3n) is 3.80. The van der Waals surface area contributed by atoms with Crippen LogP contribution in [0.5, 0.6) is 0 Å². The summed E-state index contributed by atoms with van der Waals surface area (Å²) in [7, 11) is 0. The van der Waals surface area contributed by atoms with E-state index in [-0.39, 0.29) is 0 Å². The van der Waals surface area contributed by atoms with Crippen LogP contribution in [-0.4, -0.2) is 37.7 Å². The summed E-state index contributed by atoms with van der Waals surface area (Å²) in [6.07, 6.45) is 3.58. The molecule has 2 heterocycles. The smallest absolute Gasteiger partial charge is 0.179 e. The number of pyridine rings is 1. The maximum Gasteiger partial charge on any atom is 0.179 e. The molecule has 2 N–H and O–H groups in total. The zero-order valence-electron chi connectivity index (χ0n) is 11.2. The molecule has 102 valence electrons. The molecule has 1 aliphatic carbocycles. The van der Waals surface area contributed by atoms with Crippen molar-refractivity contribution in [2.75, 3.05) is 6.54 Å². The zero-order chi connectivity index (χ0) is 13.5. The van der Waals surface area contributed by atoms with Crippen molar-refractivity contribution < 1.29 is 5.11 Å². The first-order valence-corrected chi connectivity index (χ1v) is 6.63. The van der Waals surface area contributed by atoms with Gasteiger partial charge in [-0.3, -0.25) is 0 Å². The topological polar surface area (TPSA) is 75.3 Å². The quantitative estimate of drug-likeness (QED) is 0.856. The highest BCUT2D eigenvalue weighted by Crippen LogP contribution is 2.39. The number of hydrogen-bond donors (Lipinski definition) is 2. The Morgan fingerprint density at radius 2 is 2.26 bits per heavy atom. The van der Waals surface area contributed by atoms with E-state index in [0.29, 0.717) is 23.6 Å². The van der Waals surface area contributed by atoms with Gasteiger partial charge in [0.2, 0.25) is 0 Å². The minimum Gasteiger partial charge on any atom is -0.387 e. The fraction of sp³-hybridized carbons (Fsp3) is 0.615. The summed E-state index contributed by atoms with van der Waals surface area (Å²) in [4.78, 5) is 0. The maximum absolute atomic E-state index is 10.2. The molecule has 2 aromatic rings. The fourth-order valence-corrected chi connectivity index (χ4v) is 2.77. The second-order valence-electron chi connectivity index (χ2n) is 6.14. The lowest BCUT2D eigenvalue weighted by Crippen LogP contribution is -2.47. The van der Waals surface area contributed by atoms with Crippen LogP contribution in [0.4, 0.5) is 0 Å². The molecule has 1 aliphatic rings. The molecule has 6 nitrogen and oxygen atoms in total. The van der Waals surface area contributed by atoms with E-state index in [4.69, 9.17) is 0 Å². The predicted molar refractivity (Wildman–Crippen MR) is 70.5 cm³/mol. The van der Waals surface area contributed by atoms with Crippen molar-refractivity contribution in [1.29, 1.82) is 0 Å². The SMILES string of the molecule is CC1(C)CC(NC[C@H](O)c2ccc3nnnn3c2)C1. The maximum atomic E-state index is 10.2. The van der Waals surface area contributed by atoms with Crippen LogP contribution >= 0.6 is 0 Å². The van der Waals surface area contributed by atoms with Gasteiger partial charge in [-0.05, 0) is 34.7 Å². The van der Waals surface area contributed by atoms with Crippen molar-refractivity contribution in [2.24, 2.45) is 5.41 Å². The molecule has 1 fully saturated rings. The third-order valence-corrected chi connectivity index (χ3v) is 3.80. The molecule has 0 amide bonds. The summed E-state index contributed by atoms with van der Waals surface area (Å²) < 4.78 is 1.57. The Bertz CT molecular complexity index is 571. The van der Waals surface area contributed by atoms with Crippen LogP contribution in [0.25, 0.3) is 5.65 Å². The van der Waals surface area contributed by atoms with Crippen LogP contribution < -0.4 is 5.32 Å². The van der Waals surface area contributed by atoms with Gasteiger partial charge in [-0.2, -0.15) is 0 Å². The molecule has 0 spiro atoms. The number of hydrogen-bond acceptors (Lipinski definition) is 5. The highest BCUT2D eigenvalue weighted by atomic mass is 16.3. The van der Waals surface area contributed by atoms with Gasteiger partial charge in [0.1, 0.15) is 0 Å². The molecule has 0 saturated heterocycles. The molecule has 0 radical (unpaired) electrons. The average Bonchev–Trinajstić information content (AvgIpc) is 2.80. The van der Waals surface area contributed by atoms with E-state index in [1.165, 1.54) is 12.8 Å². The van der Waals surface area contributed by atoms with E-state index in [9.17, 15) is 5.11 Å². The lowest BCUT2D eigenvalue weighted by molar-refractivity contribution is 0.102. The van der Waals surface area contributed by atoms with Crippen LogP contribution in [-0.2, 0) is 0 Å². The molecule has 1 atom stereocenters. The van der Waals surface area contributed by atoms with Gasteiger partial charge >= 0.3 is 0 Å². The number of nitrogens with zero attached hydrogens (tertiary/aromatic N) is 4. The Kier molecular flexibility index (Phi) is 2.99. The molecule has 6 heteroatoms. The largest absolute Gasteiger partial charge is 0.387 e. The number of aliphatic hydroxyl groups is 1. The summed E-state index contributed by atoms with van der Waals surface area (Å²) >= 11 is 0. The van der Waals surface area contributed by atoms with Crippen molar-refractivity contribution in [2.45, 2.75) is 38.8 Å². The second-order valence-corrected chi connectivity index (χ2v) is 6.14. The first-order valence-electron chi connectivity index (χ1n) is 6.63. The highest BCUT2D eigenvalue weighted by Gasteiger charge is 2.35. The minimum atomic E-state index is -0.530. The summed E-state index contributed by atoms with van der Waals surface area (Å²) in [5.74, 6) is 0. The van der Waals surface area contributed by atoms with Crippen LogP contribution in [0.2, 0.25) is 0 Å². The lowest BCUT2D eigenvalue weighted by atomic mass is 9.68. The molecule has 0 unspecified atom stereocenters. The Balaban J connectivity index is 1.59. The Labute approximate surface area is 111 Å². The van der Waals surface area contributed by atoms with Gasteiger partial charge in [0.05, 0.1) is 6.10 Å². The predicted octanol–water partition coefficient (Wildman–Crippen LogP) is 0.936. The van der Waals surface area contributed by atoms with Crippen molar-refractivity contribution in [1.82, 2.24) is 25.4 Å². The minimum absolute atomic E-state index is 0.452. The molecule has 0 bridgehead atoms. The normalized spacial score (nSPS) is 20.4. The fourth-order valence-electron chi connectivity index (χ4n) is 2.77. The Morgan fingerprint density at radius 1 is 1.47 bits per heavy atom. The van der Waals surface area contributed by atoms with Gasteiger partial charge in [0.15, 0.2) is 5.65 Å². The van der Waals surface area contributed by atoms with E-state index in [1.807, 2.05) is 12.1 Å². The van der Waals surface area contributed by atoms with Crippen molar-refractivity contribution in [3.63, 3.8) is 0 Å². The van der Waals surface area contributed by atoms with Gasteiger partial charge in [-0.25, -0.2) is 4.52 Å². The highest BCUT2D eigenvalue weighted by molar-refractivity contribution is 5.36. The number of aromatic nitrogens is 4. The monoisotopic (exact) mass is 261 g/mol. The van der Waals surface area contributed by atoms with Gasteiger partial charge in [-0.1, -0.05) is 19.9 Å². The van der Waals surface area contributed by atoms with Crippen molar-refractivity contribution in [3.05, 3.63) is 23.9 Å². The van der Waals surface area contributed by atoms with Crippen molar-refractivity contribution >= 4 is 5.65 Å². The van der Waals surface area contributed by atoms with E-state index < -0.39 is 6.10 Å². The van der Waals surface area contributed by atoms with E-state index in [2.05, 4.69) is 34.7 Å². The Hall–Kier alpha value is -1.53. The van der Waals surface area contributed by atoms with Crippen LogP contribution in [0.3, 0.4) is 0 Å². The number of nitrogens with one attached hydrogen (secondary N) is 1. The van der Waals surface area contributed by atoms with Crippen molar-refractivity contribution in [3.8, 4) is 0 Å². The van der Waals surface area contributed by atoms with Crippen LogP contribution in [0, 0.1) is 5.41 Å². The molecular formula is C13H19N5O. The molecule has 0 aliphatic heterocycles.